The van der Waals surface area contributed by atoms with Gasteiger partial charge in [0.05, 0.1) is 13.4 Å². The van der Waals surface area contributed by atoms with Crippen molar-refractivity contribution in [3.8, 4) is 5.88 Å². The molecule has 2 aliphatic heterocycles. The number of fused-ring (bicyclic) bond motifs is 2. The highest BCUT2D eigenvalue weighted by Gasteiger charge is 2.47. The number of carbonyl (C=O) groups is 1. The Balaban J connectivity index is 2.32. The zero-order valence-corrected chi connectivity index (χ0v) is 14.6. The molecule has 0 radical (unpaired) electrons. The molecule has 2 aliphatic rings. The number of nitrogens with one attached hydrogen (secondary N) is 1. The summed E-state index contributed by atoms with van der Waals surface area (Å²) < 4.78 is 11.8. The van der Waals surface area contributed by atoms with Gasteiger partial charge in [-0.2, -0.15) is 4.98 Å². The first kappa shape index (κ1) is 17.2. The maximum Gasteiger partial charge on any atom is 0.265 e. The van der Waals surface area contributed by atoms with Crippen LogP contribution in [-0.4, -0.2) is 27.7 Å². The fourth-order valence-electron chi connectivity index (χ4n) is 2.96. The number of aromatic nitrogens is 2. The normalized spacial score (nSPS) is 25.7. The molecule has 1 amide bonds. The Morgan fingerprint density at radius 1 is 1.52 bits per heavy atom. The number of nitrogens with zero attached hydrogens (tertiary/aromatic N) is 2. The zero-order valence-electron chi connectivity index (χ0n) is 14.6. The molecule has 0 fully saturated rings. The number of hydrogen-bond acceptors (Lipinski definition) is 6. The number of allylic oxidation sites excluding steroid dienone is 1. The quantitative estimate of drug-likeness (QED) is 0.846. The highest BCUT2D eigenvalue weighted by molar-refractivity contribution is 5.82. The predicted molar refractivity (Wildman–Crippen MR) is 89.5 cm³/mol. The highest BCUT2D eigenvalue weighted by atomic mass is 16.5. The summed E-state index contributed by atoms with van der Waals surface area (Å²) in [5.74, 6) is -0.248. The van der Waals surface area contributed by atoms with Crippen LogP contribution in [0.25, 0.3) is 6.08 Å². The molecule has 1 aromatic rings. The summed E-state index contributed by atoms with van der Waals surface area (Å²) in [7, 11) is 1.47. The van der Waals surface area contributed by atoms with Crippen LogP contribution in [0.2, 0.25) is 0 Å². The average Bonchev–Trinajstić information content (AvgIpc) is 2.81. The summed E-state index contributed by atoms with van der Waals surface area (Å²) >= 11 is 0. The SMILES string of the molecule is CC[C@H](C)[C@@]1(O)NC(=O)[C@@H](C)n2c1nc1c(c2=O)C=C(OC)C=CO1. The standard InChI is InChI=1S/C17H21N3O5/c1-5-9(2)17(23)16-18-14-12(8-11(24-4)6-7-25-14)15(22)20(16)10(3)13(21)19-17/h6-10,23H,5H2,1-4H3,(H,19,21)/t9-,10+,17-/m0/s1. The van der Waals surface area contributed by atoms with Crippen LogP contribution in [0.5, 0.6) is 5.88 Å². The predicted octanol–water partition coefficient (Wildman–Crippen LogP) is 1.02. The van der Waals surface area contributed by atoms with Crippen LogP contribution < -0.4 is 15.6 Å². The third-order valence-corrected chi connectivity index (χ3v) is 4.80. The van der Waals surface area contributed by atoms with Gasteiger partial charge in [0.1, 0.15) is 17.4 Å². The van der Waals surface area contributed by atoms with Crippen molar-refractivity contribution >= 4 is 12.0 Å². The first-order valence-electron chi connectivity index (χ1n) is 8.13. The second-order valence-electron chi connectivity index (χ2n) is 6.24. The fourth-order valence-corrected chi connectivity index (χ4v) is 2.96. The number of carbonyl (C=O) groups excluding carboxylic acids is 1. The van der Waals surface area contributed by atoms with Gasteiger partial charge in [0.15, 0.2) is 5.82 Å². The lowest BCUT2D eigenvalue weighted by atomic mass is 9.91. The second-order valence-corrected chi connectivity index (χ2v) is 6.24. The molecule has 0 spiro atoms. The summed E-state index contributed by atoms with van der Waals surface area (Å²) in [6.07, 6.45) is 4.99. The van der Waals surface area contributed by atoms with Gasteiger partial charge in [-0.3, -0.25) is 14.2 Å². The van der Waals surface area contributed by atoms with Crippen molar-refractivity contribution in [2.24, 2.45) is 5.92 Å². The van der Waals surface area contributed by atoms with Crippen molar-refractivity contribution in [1.82, 2.24) is 14.9 Å². The van der Waals surface area contributed by atoms with E-state index < -0.39 is 23.2 Å². The van der Waals surface area contributed by atoms with Gasteiger partial charge in [-0.05, 0) is 19.4 Å². The molecular formula is C17H21N3O5. The smallest absolute Gasteiger partial charge is 0.265 e. The molecule has 0 bridgehead atoms. The minimum absolute atomic E-state index is 0.0598. The zero-order chi connectivity index (χ0) is 18.4. The Morgan fingerprint density at radius 3 is 2.88 bits per heavy atom. The molecule has 2 N–H and O–H groups in total. The van der Waals surface area contributed by atoms with E-state index in [0.717, 1.165) is 0 Å². The molecule has 0 saturated carbocycles. The number of rotatable bonds is 3. The highest BCUT2D eigenvalue weighted by Crippen LogP contribution is 2.34. The van der Waals surface area contributed by atoms with Gasteiger partial charge < -0.3 is 19.9 Å². The number of amides is 1. The van der Waals surface area contributed by atoms with Crippen LogP contribution in [0.15, 0.2) is 22.9 Å². The van der Waals surface area contributed by atoms with Crippen LogP contribution in [0.3, 0.4) is 0 Å². The molecule has 1 aromatic heterocycles. The Bertz CT molecular complexity index is 841. The maximum atomic E-state index is 13.1. The molecule has 0 saturated heterocycles. The van der Waals surface area contributed by atoms with E-state index >= 15 is 0 Å². The fraction of sp³-hybridized carbons (Fsp3) is 0.471. The minimum atomic E-state index is -1.75. The van der Waals surface area contributed by atoms with Gasteiger partial charge in [-0.15, -0.1) is 0 Å². The molecule has 8 nitrogen and oxygen atoms in total. The van der Waals surface area contributed by atoms with E-state index in [1.165, 1.54) is 24.0 Å². The second kappa shape index (κ2) is 6.03. The van der Waals surface area contributed by atoms with E-state index in [1.807, 2.05) is 6.92 Å². The molecule has 3 atom stereocenters. The monoisotopic (exact) mass is 347 g/mol. The Labute approximate surface area is 144 Å². The summed E-state index contributed by atoms with van der Waals surface area (Å²) in [5.41, 5.74) is -2.05. The molecule has 134 valence electrons. The summed E-state index contributed by atoms with van der Waals surface area (Å²) in [4.78, 5) is 29.8. The summed E-state index contributed by atoms with van der Waals surface area (Å²) in [5, 5.41) is 13.7. The van der Waals surface area contributed by atoms with E-state index in [2.05, 4.69) is 10.3 Å². The van der Waals surface area contributed by atoms with Gasteiger partial charge in [-0.1, -0.05) is 13.8 Å². The first-order chi connectivity index (χ1) is 11.8. The van der Waals surface area contributed by atoms with Gasteiger partial charge in [-0.25, -0.2) is 0 Å². The van der Waals surface area contributed by atoms with Crippen LogP contribution in [0, 0.1) is 5.92 Å². The molecule has 8 heteroatoms. The lowest BCUT2D eigenvalue weighted by Crippen LogP contribution is -2.60. The molecule has 25 heavy (non-hydrogen) atoms. The van der Waals surface area contributed by atoms with Crippen molar-refractivity contribution in [3.63, 3.8) is 0 Å². The van der Waals surface area contributed by atoms with Crippen LogP contribution in [-0.2, 0) is 15.3 Å². The Kier molecular flexibility index (Phi) is 4.16. The van der Waals surface area contributed by atoms with E-state index in [9.17, 15) is 14.7 Å². The largest absolute Gasteiger partial charge is 0.497 e. The average molecular weight is 347 g/mol. The Morgan fingerprint density at radius 2 is 2.24 bits per heavy atom. The first-order valence-corrected chi connectivity index (χ1v) is 8.13. The van der Waals surface area contributed by atoms with Crippen molar-refractivity contribution in [1.29, 1.82) is 0 Å². The number of aliphatic hydroxyl groups is 1. The molecule has 0 unspecified atom stereocenters. The van der Waals surface area contributed by atoms with Gasteiger partial charge in [0.25, 0.3) is 5.56 Å². The van der Waals surface area contributed by atoms with E-state index in [0.29, 0.717) is 12.2 Å². The Hall–Kier alpha value is -2.61. The van der Waals surface area contributed by atoms with Gasteiger partial charge in [0.2, 0.25) is 17.5 Å². The third-order valence-electron chi connectivity index (χ3n) is 4.80. The molecule has 0 aliphatic carbocycles. The van der Waals surface area contributed by atoms with Crippen molar-refractivity contribution < 1.29 is 19.4 Å². The number of hydrogen-bond donors (Lipinski definition) is 2. The summed E-state index contributed by atoms with van der Waals surface area (Å²) in [6.45, 7) is 5.24. The number of methoxy groups -OCH3 is 1. The summed E-state index contributed by atoms with van der Waals surface area (Å²) in [6, 6.07) is -0.805. The van der Waals surface area contributed by atoms with Crippen LogP contribution >= 0.6 is 0 Å². The molecule has 0 aromatic carbocycles. The van der Waals surface area contributed by atoms with Gasteiger partial charge in [0, 0.05) is 12.0 Å². The van der Waals surface area contributed by atoms with Gasteiger partial charge >= 0.3 is 0 Å². The molecule has 3 rings (SSSR count). The van der Waals surface area contributed by atoms with Crippen molar-refractivity contribution in [3.05, 3.63) is 39.8 Å². The van der Waals surface area contributed by atoms with Crippen molar-refractivity contribution in [2.45, 2.75) is 39.0 Å². The lowest BCUT2D eigenvalue weighted by molar-refractivity contribution is -0.144. The van der Waals surface area contributed by atoms with E-state index in [-0.39, 0.29) is 23.2 Å². The van der Waals surface area contributed by atoms with E-state index in [4.69, 9.17) is 9.47 Å². The molecular weight excluding hydrogens is 326 g/mol. The van der Waals surface area contributed by atoms with Crippen molar-refractivity contribution in [2.75, 3.05) is 7.11 Å². The minimum Gasteiger partial charge on any atom is -0.497 e. The van der Waals surface area contributed by atoms with Crippen LogP contribution in [0.1, 0.15) is 44.6 Å². The van der Waals surface area contributed by atoms with Crippen LogP contribution in [0.4, 0.5) is 0 Å². The molecule has 3 heterocycles. The maximum absolute atomic E-state index is 13.1. The third kappa shape index (κ3) is 2.53. The lowest BCUT2D eigenvalue weighted by Gasteiger charge is -2.40. The topological polar surface area (TPSA) is 103 Å². The van der Waals surface area contributed by atoms with E-state index in [1.54, 1.807) is 19.9 Å². The number of ether oxygens (including phenoxy) is 2.